The topological polar surface area (TPSA) is 63.8 Å². The van der Waals surface area contributed by atoms with Crippen LogP contribution in [0.5, 0.6) is 0 Å². The highest BCUT2D eigenvalue weighted by Gasteiger charge is 2.21. The third-order valence-electron chi connectivity index (χ3n) is 3.46. The second kappa shape index (κ2) is 5.29. The largest absolute Gasteiger partial charge is 0.368 e. The van der Waals surface area contributed by atoms with Crippen molar-refractivity contribution in [1.29, 1.82) is 0 Å². The van der Waals surface area contributed by atoms with Crippen molar-refractivity contribution in [3.8, 4) is 0 Å². The van der Waals surface area contributed by atoms with Gasteiger partial charge in [0.1, 0.15) is 0 Å². The minimum atomic E-state index is -0.433. The molecule has 2 unspecified atom stereocenters. The molecule has 0 aliphatic heterocycles. The summed E-state index contributed by atoms with van der Waals surface area (Å²) in [6.45, 7) is 2.20. The van der Waals surface area contributed by atoms with Crippen molar-refractivity contribution in [3.05, 3.63) is 12.0 Å². The Balaban J connectivity index is 2.02. The fourth-order valence-corrected chi connectivity index (χ4v) is 2.47. The van der Waals surface area contributed by atoms with E-state index in [1.54, 1.807) is 0 Å². The van der Waals surface area contributed by atoms with Gasteiger partial charge in [0.05, 0.1) is 6.20 Å². The molecule has 0 bridgehead atoms. The number of nitrogens with two attached hydrogens (primary N) is 1. The van der Waals surface area contributed by atoms with Gasteiger partial charge >= 0.3 is 0 Å². The molecule has 17 heavy (non-hydrogen) atoms. The molecule has 1 fully saturated rings. The molecule has 0 aromatic carbocycles. The first kappa shape index (κ1) is 12.1. The number of hydrogen-bond acceptors (Lipinski definition) is 4. The lowest BCUT2D eigenvalue weighted by atomic mass is 9.84. The van der Waals surface area contributed by atoms with E-state index >= 15 is 0 Å². The number of nitrogens with one attached hydrogen (secondary N) is 1. The van der Waals surface area contributed by atoms with Crippen LogP contribution in [-0.2, 0) is 0 Å². The van der Waals surface area contributed by atoms with Gasteiger partial charge in [-0.3, -0.25) is 0 Å². The average Bonchev–Trinajstić information content (AvgIpc) is 2.34. The predicted octanol–water partition coefficient (Wildman–Crippen LogP) is 2.58. The summed E-state index contributed by atoms with van der Waals surface area (Å²) in [4.78, 5) is 7.51. The van der Waals surface area contributed by atoms with Crippen molar-refractivity contribution in [2.75, 3.05) is 11.1 Å². The van der Waals surface area contributed by atoms with E-state index in [0.717, 1.165) is 25.0 Å². The van der Waals surface area contributed by atoms with E-state index in [1.807, 2.05) is 0 Å². The van der Waals surface area contributed by atoms with Crippen LogP contribution in [0.3, 0.4) is 0 Å². The molecular weight excluding hydrogens is 219 g/mol. The standard InChI is InChI=1S/C12H19FN4/c1-2-8-4-3-5-9(6-8)16-11-10(13)7-15-12(14)17-11/h7-9H,2-6H2,1H3,(H3,14,15,16,17). The minimum Gasteiger partial charge on any atom is -0.368 e. The molecule has 4 nitrogen and oxygen atoms in total. The lowest BCUT2D eigenvalue weighted by molar-refractivity contribution is 0.326. The summed E-state index contributed by atoms with van der Waals surface area (Å²) in [5.41, 5.74) is 5.46. The third kappa shape index (κ3) is 3.05. The van der Waals surface area contributed by atoms with Crippen LogP contribution in [0, 0.1) is 11.7 Å². The fourth-order valence-electron chi connectivity index (χ4n) is 2.47. The number of anilines is 2. The minimum absolute atomic E-state index is 0.108. The molecule has 1 aliphatic carbocycles. The van der Waals surface area contributed by atoms with Gasteiger partial charge in [0.15, 0.2) is 11.6 Å². The van der Waals surface area contributed by atoms with Crippen LogP contribution in [-0.4, -0.2) is 16.0 Å². The molecule has 2 rings (SSSR count). The molecule has 1 heterocycles. The van der Waals surface area contributed by atoms with Crippen molar-refractivity contribution in [1.82, 2.24) is 9.97 Å². The van der Waals surface area contributed by atoms with Crippen molar-refractivity contribution >= 4 is 11.8 Å². The molecule has 94 valence electrons. The van der Waals surface area contributed by atoms with Gasteiger partial charge in [-0.05, 0) is 18.8 Å². The molecule has 0 amide bonds. The summed E-state index contributed by atoms with van der Waals surface area (Å²) in [6.07, 6.45) is 6.93. The summed E-state index contributed by atoms with van der Waals surface area (Å²) in [6, 6.07) is 0.303. The lowest BCUT2D eigenvalue weighted by Gasteiger charge is -2.29. The molecule has 0 spiro atoms. The van der Waals surface area contributed by atoms with Crippen LogP contribution < -0.4 is 11.1 Å². The summed E-state index contributed by atoms with van der Waals surface area (Å²) in [5, 5.41) is 3.15. The molecular formula is C12H19FN4. The Hall–Kier alpha value is -1.39. The quantitative estimate of drug-likeness (QED) is 0.849. The summed E-state index contributed by atoms with van der Waals surface area (Å²) < 4.78 is 13.5. The maximum Gasteiger partial charge on any atom is 0.222 e. The van der Waals surface area contributed by atoms with Crippen molar-refractivity contribution in [3.63, 3.8) is 0 Å². The van der Waals surface area contributed by atoms with Gasteiger partial charge < -0.3 is 11.1 Å². The average molecular weight is 238 g/mol. The van der Waals surface area contributed by atoms with Crippen LogP contribution in [0.4, 0.5) is 16.2 Å². The van der Waals surface area contributed by atoms with Crippen LogP contribution in [0.15, 0.2) is 6.20 Å². The van der Waals surface area contributed by atoms with Gasteiger partial charge in [0.2, 0.25) is 5.95 Å². The maximum absolute atomic E-state index is 13.5. The van der Waals surface area contributed by atoms with Crippen molar-refractivity contribution in [2.24, 2.45) is 5.92 Å². The van der Waals surface area contributed by atoms with E-state index in [4.69, 9.17) is 5.73 Å². The Labute approximate surface area is 101 Å². The van der Waals surface area contributed by atoms with Gasteiger partial charge in [0.25, 0.3) is 0 Å². The van der Waals surface area contributed by atoms with Crippen molar-refractivity contribution < 1.29 is 4.39 Å². The second-order valence-electron chi connectivity index (χ2n) is 4.71. The second-order valence-corrected chi connectivity index (χ2v) is 4.71. The summed E-state index contributed by atoms with van der Waals surface area (Å²) >= 11 is 0. The highest BCUT2D eigenvalue weighted by atomic mass is 19.1. The Morgan fingerprint density at radius 1 is 1.53 bits per heavy atom. The Bertz CT molecular complexity index is 383. The third-order valence-corrected chi connectivity index (χ3v) is 3.46. The van der Waals surface area contributed by atoms with Gasteiger partial charge in [0, 0.05) is 6.04 Å². The Morgan fingerprint density at radius 3 is 3.12 bits per heavy atom. The number of halogens is 1. The molecule has 1 saturated carbocycles. The van der Waals surface area contributed by atoms with Crippen LogP contribution in [0.2, 0.25) is 0 Å². The zero-order chi connectivity index (χ0) is 12.3. The van der Waals surface area contributed by atoms with Gasteiger partial charge in [-0.1, -0.05) is 26.2 Å². The van der Waals surface area contributed by atoms with E-state index in [9.17, 15) is 4.39 Å². The SMILES string of the molecule is CCC1CCCC(Nc2nc(N)ncc2F)C1. The Morgan fingerprint density at radius 2 is 2.35 bits per heavy atom. The maximum atomic E-state index is 13.5. The van der Waals surface area contributed by atoms with Gasteiger partial charge in [-0.15, -0.1) is 0 Å². The highest BCUT2D eigenvalue weighted by Crippen LogP contribution is 2.28. The van der Waals surface area contributed by atoms with Crippen LogP contribution in [0.1, 0.15) is 39.0 Å². The monoisotopic (exact) mass is 238 g/mol. The first-order chi connectivity index (χ1) is 8.19. The summed E-state index contributed by atoms with van der Waals surface area (Å²) in [5.74, 6) is 0.650. The van der Waals surface area contributed by atoms with Gasteiger partial charge in [-0.2, -0.15) is 4.98 Å². The van der Waals surface area contributed by atoms with Gasteiger partial charge in [-0.25, -0.2) is 9.37 Å². The smallest absolute Gasteiger partial charge is 0.222 e. The fraction of sp³-hybridized carbons (Fsp3) is 0.667. The summed E-state index contributed by atoms with van der Waals surface area (Å²) in [7, 11) is 0. The number of aromatic nitrogens is 2. The highest BCUT2D eigenvalue weighted by molar-refractivity contribution is 5.40. The van der Waals surface area contributed by atoms with E-state index in [1.165, 1.54) is 19.3 Å². The van der Waals surface area contributed by atoms with E-state index in [2.05, 4.69) is 22.2 Å². The van der Waals surface area contributed by atoms with Crippen molar-refractivity contribution in [2.45, 2.75) is 45.1 Å². The molecule has 3 N–H and O–H groups in total. The predicted molar refractivity (Wildman–Crippen MR) is 66.1 cm³/mol. The molecule has 0 radical (unpaired) electrons. The number of rotatable bonds is 3. The number of nitrogen functional groups attached to an aromatic ring is 1. The molecule has 1 aliphatic rings. The van der Waals surface area contributed by atoms with E-state index in [0.29, 0.717) is 6.04 Å². The lowest BCUT2D eigenvalue weighted by Crippen LogP contribution is -2.28. The van der Waals surface area contributed by atoms with E-state index in [-0.39, 0.29) is 11.8 Å². The Kier molecular flexibility index (Phi) is 3.76. The molecule has 0 saturated heterocycles. The first-order valence-corrected chi connectivity index (χ1v) is 6.23. The van der Waals surface area contributed by atoms with Crippen LogP contribution in [0.25, 0.3) is 0 Å². The zero-order valence-electron chi connectivity index (χ0n) is 10.1. The molecule has 5 heteroatoms. The number of nitrogens with zero attached hydrogens (tertiary/aromatic N) is 2. The van der Waals surface area contributed by atoms with Crippen LogP contribution >= 0.6 is 0 Å². The molecule has 2 atom stereocenters. The number of hydrogen-bond donors (Lipinski definition) is 2. The first-order valence-electron chi connectivity index (χ1n) is 6.23. The zero-order valence-corrected chi connectivity index (χ0v) is 10.1. The normalized spacial score (nSPS) is 24.6. The molecule has 1 aromatic rings. The molecule has 1 aromatic heterocycles. The van der Waals surface area contributed by atoms with E-state index < -0.39 is 5.82 Å².